The molecular formula is C32H33N3O2S. The van der Waals surface area contributed by atoms with E-state index in [1.54, 1.807) is 12.1 Å². The molecule has 1 aliphatic heterocycles. The fourth-order valence-electron chi connectivity index (χ4n) is 4.63. The Labute approximate surface area is 226 Å². The minimum Gasteiger partial charge on any atom is -0.350 e. The Balaban J connectivity index is 1.58. The molecule has 4 aromatic carbocycles. The Hall–Kier alpha value is -4.03. The Bertz CT molecular complexity index is 1460. The lowest BCUT2D eigenvalue weighted by molar-refractivity contribution is 0.595. The van der Waals surface area contributed by atoms with E-state index in [2.05, 4.69) is 72.2 Å². The molecular weight excluding hydrogens is 490 g/mol. The predicted octanol–water partition coefficient (Wildman–Crippen LogP) is 6.68. The van der Waals surface area contributed by atoms with Crippen LogP contribution >= 0.6 is 0 Å². The van der Waals surface area contributed by atoms with Crippen LogP contribution in [-0.4, -0.2) is 28.2 Å². The summed E-state index contributed by atoms with van der Waals surface area (Å²) in [5, 5.41) is 0. The molecule has 0 bridgehead atoms. The monoisotopic (exact) mass is 523 g/mol. The maximum absolute atomic E-state index is 13.9. The number of para-hydroxylation sites is 1. The van der Waals surface area contributed by atoms with Gasteiger partial charge >= 0.3 is 0 Å². The van der Waals surface area contributed by atoms with E-state index in [0.717, 1.165) is 22.5 Å². The molecule has 194 valence electrons. The number of sulfonamides is 1. The molecule has 0 saturated carbocycles. The summed E-state index contributed by atoms with van der Waals surface area (Å²) in [6.07, 6.45) is 1.81. The molecule has 0 atom stereocenters. The molecule has 0 spiro atoms. The predicted molar refractivity (Wildman–Crippen MR) is 157 cm³/mol. The van der Waals surface area contributed by atoms with Crippen LogP contribution in [0.3, 0.4) is 0 Å². The second-order valence-corrected chi connectivity index (χ2v) is 11.8. The summed E-state index contributed by atoms with van der Waals surface area (Å²) in [5.41, 5.74) is 7.24. The molecule has 1 aliphatic rings. The highest BCUT2D eigenvalue weighted by molar-refractivity contribution is 7.93. The third-order valence-corrected chi connectivity index (χ3v) is 8.52. The van der Waals surface area contributed by atoms with Crippen LogP contribution < -0.4 is 14.1 Å². The summed E-state index contributed by atoms with van der Waals surface area (Å²) in [6, 6.07) is 33.3. The van der Waals surface area contributed by atoms with Gasteiger partial charge in [-0.3, -0.25) is 0 Å². The Morgan fingerprint density at radius 3 is 1.55 bits per heavy atom. The summed E-state index contributed by atoms with van der Waals surface area (Å²) in [5.74, 6) is 0. The van der Waals surface area contributed by atoms with Crippen molar-refractivity contribution >= 4 is 27.1 Å². The molecule has 6 heteroatoms. The number of aryl methyl sites for hydroxylation is 3. The van der Waals surface area contributed by atoms with E-state index in [0.29, 0.717) is 25.4 Å². The topological polar surface area (TPSA) is 43.9 Å². The second-order valence-electron chi connectivity index (χ2n) is 9.95. The number of hydrogen-bond acceptors (Lipinski definition) is 4. The van der Waals surface area contributed by atoms with Gasteiger partial charge in [-0.05, 0) is 74.9 Å². The quantitative estimate of drug-likeness (QED) is 0.283. The fourth-order valence-corrected chi connectivity index (χ4v) is 6.03. The van der Waals surface area contributed by atoms with Gasteiger partial charge in [0, 0.05) is 30.7 Å². The minimum atomic E-state index is -3.83. The van der Waals surface area contributed by atoms with Gasteiger partial charge in [0.25, 0.3) is 10.0 Å². The normalized spacial score (nSPS) is 13.9. The van der Waals surface area contributed by atoms with Crippen LogP contribution in [0, 0.1) is 20.8 Å². The zero-order chi connectivity index (χ0) is 26.7. The van der Waals surface area contributed by atoms with Gasteiger partial charge in [-0.15, -0.1) is 0 Å². The summed E-state index contributed by atoms with van der Waals surface area (Å²) < 4.78 is 29.3. The Morgan fingerprint density at radius 2 is 1.08 bits per heavy atom. The lowest BCUT2D eigenvalue weighted by Crippen LogP contribution is -2.47. The summed E-state index contributed by atoms with van der Waals surface area (Å²) >= 11 is 0. The third-order valence-electron chi connectivity index (χ3n) is 6.82. The van der Waals surface area contributed by atoms with Gasteiger partial charge in [0.15, 0.2) is 0 Å². The highest BCUT2D eigenvalue weighted by atomic mass is 32.2. The number of hydrogen-bond donors (Lipinski definition) is 0. The maximum Gasteiger partial charge on any atom is 0.268 e. The molecule has 4 aromatic rings. The van der Waals surface area contributed by atoms with Crippen molar-refractivity contribution in [2.45, 2.75) is 25.7 Å². The van der Waals surface area contributed by atoms with Crippen molar-refractivity contribution in [2.24, 2.45) is 0 Å². The molecule has 5 nitrogen and oxygen atoms in total. The molecule has 0 N–H and O–H groups in total. The summed E-state index contributed by atoms with van der Waals surface area (Å²) in [4.78, 5) is 4.84. The van der Waals surface area contributed by atoms with Gasteiger partial charge in [0.1, 0.15) is 0 Å². The molecule has 0 unspecified atom stereocenters. The minimum absolute atomic E-state index is 0.269. The molecule has 1 fully saturated rings. The third kappa shape index (κ3) is 5.60. The Morgan fingerprint density at radius 1 is 0.632 bits per heavy atom. The lowest BCUT2D eigenvalue weighted by atomic mass is 10.1. The van der Waals surface area contributed by atoms with Crippen molar-refractivity contribution in [3.05, 3.63) is 132 Å². The first-order chi connectivity index (χ1) is 18.3. The first-order valence-corrected chi connectivity index (χ1v) is 14.2. The van der Waals surface area contributed by atoms with Crippen molar-refractivity contribution < 1.29 is 8.42 Å². The second kappa shape index (κ2) is 10.8. The zero-order valence-corrected chi connectivity index (χ0v) is 22.9. The van der Waals surface area contributed by atoms with Crippen molar-refractivity contribution in [3.8, 4) is 0 Å². The standard InChI is InChI=1S/C32H33N3O2S/c1-25-9-15-29(16-10-25)33-21-28(22-34(24-33)30-17-11-26(2)12-18-30)23-35(31-7-5-4-6-8-31)38(36,37)32-19-13-27(3)14-20-32/h4-20,23H,21-22,24H2,1-3H3. The molecule has 0 amide bonds. The van der Waals surface area contributed by atoms with Crippen LogP contribution in [0.1, 0.15) is 16.7 Å². The van der Waals surface area contributed by atoms with E-state index >= 15 is 0 Å². The van der Waals surface area contributed by atoms with Crippen molar-refractivity contribution in [1.29, 1.82) is 0 Å². The number of rotatable bonds is 6. The summed E-state index contributed by atoms with van der Waals surface area (Å²) in [7, 11) is -3.83. The number of nitrogens with zero attached hydrogens (tertiary/aromatic N) is 3. The lowest BCUT2D eigenvalue weighted by Gasteiger charge is -2.40. The molecule has 0 aliphatic carbocycles. The van der Waals surface area contributed by atoms with E-state index in [1.807, 2.05) is 55.6 Å². The van der Waals surface area contributed by atoms with E-state index < -0.39 is 10.0 Å². The van der Waals surface area contributed by atoms with Crippen molar-refractivity contribution in [1.82, 2.24) is 0 Å². The van der Waals surface area contributed by atoms with Crippen molar-refractivity contribution in [2.75, 3.05) is 33.9 Å². The molecule has 0 aromatic heterocycles. The number of anilines is 3. The van der Waals surface area contributed by atoms with E-state index in [4.69, 9.17) is 0 Å². The molecule has 38 heavy (non-hydrogen) atoms. The maximum atomic E-state index is 13.9. The van der Waals surface area contributed by atoms with Crippen LogP contribution in [0.5, 0.6) is 0 Å². The van der Waals surface area contributed by atoms with Gasteiger partial charge in [-0.2, -0.15) is 0 Å². The van der Waals surface area contributed by atoms with Crippen LogP contribution in [0.2, 0.25) is 0 Å². The largest absolute Gasteiger partial charge is 0.350 e. The highest BCUT2D eigenvalue weighted by Gasteiger charge is 2.27. The summed E-state index contributed by atoms with van der Waals surface area (Å²) in [6.45, 7) is 8.07. The van der Waals surface area contributed by atoms with Crippen LogP contribution in [0.4, 0.5) is 17.1 Å². The first kappa shape index (κ1) is 25.6. The molecule has 1 heterocycles. The van der Waals surface area contributed by atoms with Crippen LogP contribution in [0.25, 0.3) is 0 Å². The molecule has 0 radical (unpaired) electrons. The van der Waals surface area contributed by atoms with Gasteiger partial charge in [0.2, 0.25) is 0 Å². The average Bonchev–Trinajstić information content (AvgIpc) is 2.93. The van der Waals surface area contributed by atoms with Gasteiger partial charge in [-0.1, -0.05) is 71.3 Å². The van der Waals surface area contributed by atoms with E-state index in [-0.39, 0.29) is 4.90 Å². The SMILES string of the molecule is Cc1ccc(N2CC(=CN(c3ccccc3)S(=O)(=O)c3ccc(C)cc3)CN(c3ccc(C)cc3)C2)cc1. The first-order valence-electron chi connectivity index (χ1n) is 12.8. The van der Waals surface area contributed by atoms with Crippen molar-refractivity contribution in [3.63, 3.8) is 0 Å². The van der Waals surface area contributed by atoms with Gasteiger partial charge < -0.3 is 9.80 Å². The average molecular weight is 524 g/mol. The Kier molecular flexibility index (Phi) is 7.25. The van der Waals surface area contributed by atoms with Gasteiger partial charge in [0.05, 0.1) is 17.3 Å². The zero-order valence-electron chi connectivity index (χ0n) is 22.1. The smallest absolute Gasteiger partial charge is 0.268 e. The number of benzene rings is 4. The van der Waals surface area contributed by atoms with Crippen LogP contribution in [0.15, 0.2) is 120 Å². The molecule has 5 rings (SSSR count). The van der Waals surface area contributed by atoms with Gasteiger partial charge in [-0.25, -0.2) is 12.7 Å². The van der Waals surface area contributed by atoms with E-state index in [1.165, 1.54) is 15.4 Å². The molecule has 1 saturated heterocycles. The highest BCUT2D eigenvalue weighted by Crippen LogP contribution is 2.29. The fraction of sp³-hybridized carbons (Fsp3) is 0.188. The van der Waals surface area contributed by atoms with E-state index in [9.17, 15) is 8.42 Å². The van der Waals surface area contributed by atoms with Crippen LogP contribution in [-0.2, 0) is 10.0 Å².